The standard InChI is InChI=1S/C20H27N3OS/c1-3-4-12-22-14-11-21-19(22)16-8-7-13-23(15-16)20(24)17-9-5-6-10-18(17)25-2/h5-6,9-11,14,16H,3-4,7-8,12-13,15H2,1-2H3. The quantitative estimate of drug-likeness (QED) is 0.718. The van der Waals surface area contributed by atoms with Crippen LogP contribution >= 0.6 is 11.8 Å². The van der Waals surface area contributed by atoms with E-state index in [9.17, 15) is 4.79 Å². The normalized spacial score (nSPS) is 17.7. The van der Waals surface area contributed by atoms with Crippen molar-refractivity contribution in [2.24, 2.45) is 0 Å². The molecule has 1 unspecified atom stereocenters. The number of aryl methyl sites for hydroxylation is 1. The molecule has 0 radical (unpaired) electrons. The number of piperidine rings is 1. The van der Waals surface area contributed by atoms with E-state index >= 15 is 0 Å². The molecule has 2 heterocycles. The molecular weight excluding hydrogens is 330 g/mol. The van der Waals surface area contributed by atoms with Crippen LogP contribution in [0.25, 0.3) is 0 Å². The van der Waals surface area contributed by atoms with Crippen LogP contribution in [-0.2, 0) is 6.54 Å². The maximum Gasteiger partial charge on any atom is 0.255 e. The highest BCUT2D eigenvalue weighted by Gasteiger charge is 2.28. The van der Waals surface area contributed by atoms with E-state index in [1.807, 2.05) is 41.6 Å². The van der Waals surface area contributed by atoms with Crippen molar-refractivity contribution in [3.05, 3.63) is 48.0 Å². The minimum absolute atomic E-state index is 0.154. The summed E-state index contributed by atoms with van der Waals surface area (Å²) in [5.41, 5.74) is 0.824. The zero-order valence-electron chi connectivity index (χ0n) is 15.1. The van der Waals surface area contributed by atoms with Crippen molar-refractivity contribution in [2.45, 2.75) is 50.0 Å². The van der Waals surface area contributed by atoms with E-state index in [1.54, 1.807) is 11.8 Å². The van der Waals surface area contributed by atoms with E-state index in [4.69, 9.17) is 0 Å². The molecule has 4 nitrogen and oxygen atoms in total. The number of imidazole rings is 1. The fraction of sp³-hybridized carbons (Fsp3) is 0.500. The number of benzene rings is 1. The summed E-state index contributed by atoms with van der Waals surface area (Å²) in [7, 11) is 0. The molecule has 3 rings (SSSR count). The van der Waals surface area contributed by atoms with Crippen LogP contribution in [0.2, 0.25) is 0 Å². The third-order valence-electron chi connectivity index (χ3n) is 4.91. The molecule has 1 aliphatic rings. The average molecular weight is 358 g/mol. The predicted octanol–water partition coefficient (Wildman–Crippen LogP) is 4.42. The smallest absolute Gasteiger partial charge is 0.255 e. The number of thioether (sulfide) groups is 1. The van der Waals surface area contributed by atoms with E-state index in [0.29, 0.717) is 5.92 Å². The summed E-state index contributed by atoms with van der Waals surface area (Å²) in [4.78, 5) is 20.7. The lowest BCUT2D eigenvalue weighted by Gasteiger charge is -2.33. The first-order chi connectivity index (χ1) is 12.2. The Hall–Kier alpha value is -1.75. The molecule has 0 N–H and O–H groups in total. The Bertz CT molecular complexity index is 712. The molecule has 134 valence electrons. The lowest BCUT2D eigenvalue weighted by Crippen LogP contribution is -2.40. The molecule has 0 bridgehead atoms. The molecule has 0 saturated carbocycles. The number of carbonyl (C=O) groups is 1. The highest BCUT2D eigenvalue weighted by atomic mass is 32.2. The molecular formula is C20H27N3OS. The Balaban J connectivity index is 1.75. The fourth-order valence-electron chi connectivity index (χ4n) is 3.56. The number of hydrogen-bond acceptors (Lipinski definition) is 3. The zero-order valence-corrected chi connectivity index (χ0v) is 16.0. The second-order valence-corrected chi connectivity index (χ2v) is 7.47. The van der Waals surface area contributed by atoms with Gasteiger partial charge in [0.2, 0.25) is 0 Å². The molecule has 25 heavy (non-hydrogen) atoms. The van der Waals surface area contributed by atoms with Crippen LogP contribution < -0.4 is 0 Å². The van der Waals surface area contributed by atoms with Crippen LogP contribution in [0.15, 0.2) is 41.6 Å². The van der Waals surface area contributed by atoms with E-state index in [-0.39, 0.29) is 5.91 Å². The van der Waals surface area contributed by atoms with Crippen LogP contribution in [0.4, 0.5) is 0 Å². The topological polar surface area (TPSA) is 38.1 Å². The van der Waals surface area contributed by atoms with Gasteiger partial charge in [0.1, 0.15) is 5.82 Å². The summed E-state index contributed by atoms with van der Waals surface area (Å²) in [6, 6.07) is 7.91. The van der Waals surface area contributed by atoms with Crippen LogP contribution in [0, 0.1) is 0 Å². The molecule has 1 atom stereocenters. The molecule has 1 aliphatic heterocycles. The largest absolute Gasteiger partial charge is 0.338 e. The van der Waals surface area contributed by atoms with Gasteiger partial charge in [-0.25, -0.2) is 4.98 Å². The van der Waals surface area contributed by atoms with Crippen LogP contribution in [-0.4, -0.2) is 39.7 Å². The maximum absolute atomic E-state index is 13.0. The summed E-state index contributed by atoms with van der Waals surface area (Å²) >= 11 is 1.63. The first-order valence-electron chi connectivity index (χ1n) is 9.18. The second-order valence-electron chi connectivity index (χ2n) is 6.62. The summed E-state index contributed by atoms with van der Waals surface area (Å²) < 4.78 is 2.28. The van der Waals surface area contributed by atoms with Gasteiger partial charge in [0.05, 0.1) is 5.56 Å². The Labute approximate surface area is 154 Å². The number of aromatic nitrogens is 2. The Morgan fingerprint density at radius 2 is 2.20 bits per heavy atom. The van der Waals surface area contributed by atoms with Crippen LogP contribution in [0.1, 0.15) is 54.7 Å². The third-order valence-corrected chi connectivity index (χ3v) is 5.71. The minimum atomic E-state index is 0.154. The van der Waals surface area contributed by atoms with Gasteiger partial charge in [-0.3, -0.25) is 4.79 Å². The first-order valence-corrected chi connectivity index (χ1v) is 10.4. The lowest BCUT2D eigenvalue weighted by molar-refractivity contribution is 0.0699. The molecule has 5 heteroatoms. The van der Waals surface area contributed by atoms with Gasteiger partial charge in [0, 0.05) is 42.8 Å². The second kappa shape index (κ2) is 8.56. The number of unbranched alkanes of at least 4 members (excludes halogenated alkanes) is 1. The van der Waals surface area contributed by atoms with Crippen LogP contribution in [0.3, 0.4) is 0 Å². The average Bonchev–Trinajstić information content (AvgIpc) is 3.14. The van der Waals surface area contributed by atoms with E-state index in [1.165, 1.54) is 12.8 Å². The Kier molecular flexibility index (Phi) is 6.19. The van der Waals surface area contributed by atoms with Gasteiger partial charge in [-0.15, -0.1) is 11.8 Å². The molecule has 1 fully saturated rings. The molecule has 2 aromatic rings. The first kappa shape index (κ1) is 18.1. The van der Waals surface area contributed by atoms with Gasteiger partial charge in [0.15, 0.2) is 0 Å². The van der Waals surface area contributed by atoms with Crippen molar-refractivity contribution in [3.63, 3.8) is 0 Å². The summed E-state index contributed by atoms with van der Waals surface area (Å²) in [5.74, 6) is 1.64. The Morgan fingerprint density at radius 3 is 3.00 bits per heavy atom. The number of hydrogen-bond donors (Lipinski definition) is 0. The third kappa shape index (κ3) is 4.09. The fourth-order valence-corrected chi connectivity index (χ4v) is 4.15. The molecule has 1 amide bonds. The number of amides is 1. The van der Waals surface area contributed by atoms with Gasteiger partial charge in [0.25, 0.3) is 5.91 Å². The van der Waals surface area contributed by atoms with Gasteiger partial charge >= 0.3 is 0 Å². The van der Waals surface area contributed by atoms with Crippen LogP contribution in [0.5, 0.6) is 0 Å². The summed E-state index contributed by atoms with van der Waals surface area (Å²) in [6.45, 7) is 4.84. The highest BCUT2D eigenvalue weighted by molar-refractivity contribution is 7.98. The van der Waals surface area contributed by atoms with Crippen molar-refractivity contribution >= 4 is 17.7 Å². The van der Waals surface area contributed by atoms with Crippen molar-refractivity contribution < 1.29 is 4.79 Å². The molecule has 1 aromatic heterocycles. The van der Waals surface area contributed by atoms with Gasteiger partial charge in [-0.1, -0.05) is 25.5 Å². The number of likely N-dealkylation sites (tertiary alicyclic amines) is 1. The van der Waals surface area contributed by atoms with E-state index in [0.717, 1.165) is 48.8 Å². The monoisotopic (exact) mass is 357 g/mol. The zero-order chi connectivity index (χ0) is 17.6. The van der Waals surface area contributed by atoms with E-state index in [2.05, 4.69) is 22.7 Å². The SMILES string of the molecule is CCCCn1ccnc1C1CCCN(C(=O)c2ccccc2SC)C1. The maximum atomic E-state index is 13.0. The molecule has 0 spiro atoms. The van der Waals surface area contributed by atoms with Crippen molar-refractivity contribution in [2.75, 3.05) is 19.3 Å². The minimum Gasteiger partial charge on any atom is -0.338 e. The van der Waals surface area contributed by atoms with Gasteiger partial charge < -0.3 is 9.47 Å². The lowest BCUT2D eigenvalue weighted by atomic mass is 9.96. The predicted molar refractivity (Wildman–Crippen MR) is 103 cm³/mol. The summed E-state index contributed by atoms with van der Waals surface area (Å²) in [5, 5.41) is 0. The highest BCUT2D eigenvalue weighted by Crippen LogP contribution is 2.29. The number of carbonyl (C=O) groups excluding carboxylic acids is 1. The van der Waals surface area contributed by atoms with Crippen molar-refractivity contribution in [1.29, 1.82) is 0 Å². The summed E-state index contributed by atoms with van der Waals surface area (Å²) in [6.07, 6.45) is 10.5. The van der Waals surface area contributed by atoms with Crippen molar-refractivity contribution in [3.8, 4) is 0 Å². The molecule has 0 aliphatic carbocycles. The molecule has 1 aromatic carbocycles. The Morgan fingerprint density at radius 1 is 1.36 bits per heavy atom. The van der Waals surface area contributed by atoms with Crippen molar-refractivity contribution in [1.82, 2.24) is 14.5 Å². The van der Waals surface area contributed by atoms with Gasteiger partial charge in [-0.05, 0) is 37.7 Å². The molecule has 1 saturated heterocycles. The number of rotatable bonds is 6. The van der Waals surface area contributed by atoms with Gasteiger partial charge in [-0.2, -0.15) is 0 Å². The van der Waals surface area contributed by atoms with E-state index < -0.39 is 0 Å². The number of nitrogens with zero attached hydrogens (tertiary/aromatic N) is 3.